The van der Waals surface area contributed by atoms with Crippen LogP contribution in [-0.2, 0) is 4.74 Å². The number of nitrogens with two attached hydrogens (primary N) is 1. The molecule has 0 radical (unpaired) electrons. The predicted octanol–water partition coefficient (Wildman–Crippen LogP) is 2.00. The molecule has 1 saturated heterocycles. The summed E-state index contributed by atoms with van der Waals surface area (Å²) in [6.45, 7) is 9.79. The van der Waals surface area contributed by atoms with Crippen molar-refractivity contribution in [1.82, 2.24) is 4.90 Å². The van der Waals surface area contributed by atoms with Crippen LogP contribution in [0.25, 0.3) is 0 Å². The van der Waals surface area contributed by atoms with Gasteiger partial charge in [0.1, 0.15) is 0 Å². The van der Waals surface area contributed by atoms with Gasteiger partial charge in [-0.25, -0.2) is 0 Å². The molecule has 0 aromatic rings. The molecule has 17 heavy (non-hydrogen) atoms. The highest BCUT2D eigenvalue weighted by Gasteiger charge is 2.34. The van der Waals surface area contributed by atoms with Gasteiger partial charge in [0, 0.05) is 25.2 Å². The highest BCUT2D eigenvalue weighted by Crippen LogP contribution is 2.31. The maximum Gasteiger partial charge on any atom is 0.0678 e. The molecule has 0 spiro atoms. The van der Waals surface area contributed by atoms with Gasteiger partial charge in [-0.15, -0.1) is 0 Å². The average molecular weight is 240 g/mol. The third kappa shape index (κ3) is 3.67. The molecular weight excluding hydrogens is 212 g/mol. The number of ether oxygens (including phenoxy) is 1. The van der Waals surface area contributed by atoms with Crippen LogP contribution in [0.15, 0.2) is 0 Å². The van der Waals surface area contributed by atoms with Crippen molar-refractivity contribution in [2.45, 2.75) is 64.2 Å². The fourth-order valence-corrected chi connectivity index (χ4v) is 3.70. The first kappa shape index (κ1) is 13.3. The Kier molecular flexibility index (Phi) is 4.11. The Hall–Kier alpha value is -0.120. The van der Waals surface area contributed by atoms with Gasteiger partial charge in [0.05, 0.1) is 12.2 Å². The number of hydrogen-bond acceptors (Lipinski definition) is 3. The summed E-state index contributed by atoms with van der Waals surface area (Å²) in [5, 5.41) is 0. The first-order valence-corrected chi connectivity index (χ1v) is 7.13. The minimum Gasteiger partial charge on any atom is -0.373 e. The average Bonchev–Trinajstić information content (AvgIpc) is 2.13. The lowest BCUT2D eigenvalue weighted by Gasteiger charge is -2.43. The van der Waals surface area contributed by atoms with Crippen LogP contribution in [0.3, 0.4) is 0 Å². The van der Waals surface area contributed by atoms with E-state index in [4.69, 9.17) is 10.5 Å². The zero-order chi connectivity index (χ0) is 12.5. The molecule has 4 atom stereocenters. The van der Waals surface area contributed by atoms with Crippen LogP contribution in [0.2, 0.25) is 0 Å². The van der Waals surface area contributed by atoms with E-state index in [1.807, 2.05) is 0 Å². The zero-order valence-electron chi connectivity index (χ0n) is 11.6. The second-order valence-electron chi connectivity index (χ2n) is 6.52. The molecule has 1 saturated carbocycles. The van der Waals surface area contributed by atoms with Crippen molar-refractivity contribution in [3.8, 4) is 0 Å². The highest BCUT2D eigenvalue weighted by atomic mass is 16.5. The molecule has 2 fully saturated rings. The molecule has 0 bridgehead atoms. The smallest absolute Gasteiger partial charge is 0.0678 e. The fraction of sp³-hybridized carbons (Fsp3) is 1.00. The lowest BCUT2D eigenvalue weighted by atomic mass is 9.76. The molecule has 2 rings (SSSR count). The number of nitrogens with zero attached hydrogens (tertiary/aromatic N) is 1. The summed E-state index contributed by atoms with van der Waals surface area (Å²) < 4.78 is 5.78. The zero-order valence-corrected chi connectivity index (χ0v) is 11.6. The molecule has 0 amide bonds. The molecule has 2 unspecified atom stereocenters. The van der Waals surface area contributed by atoms with E-state index in [0.29, 0.717) is 12.2 Å². The third-order valence-electron chi connectivity index (χ3n) is 4.16. The van der Waals surface area contributed by atoms with Crippen LogP contribution < -0.4 is 5.73 Å². The fourth-order valence-electron chi connectivity index (χ4n) is 3.70. The van der Waals surface area contributed by atoms with E-state index in [2.05, 4.69) is 25.7 Å². The van der Waals surface area contributed by atoms with E-state index < -0.39 is 0 Å². The maximum absolute atomic E-state index is 6.59. The quantitative estimate of drug-likeness (QED) is 0.802. The Balaban J connectivity index is 1.90. The Morgan fingerprint density at radius 2 is 1.88 bits per heavy atom. The van der Waals surface area contributed by atoms with Gasteiger partial charge >= 0.3 is 0 Å². The Bertz CT molecular complexity index is 249. The molecule has 0 aromatic heterocycles. The van der Waals surface area contributed by atoms with E-state index in [1.165, 1.54) is 25.7 Å². The van der Waals surface area contributed by atoms with Gasteiger partial charge in [0.25, 0.3) is 0 Å². The first-order chi connectivity index (χ1) is 7.97. The van der Waals surface area contributed by atoms with Gasteiger partial charge in [-0.3, -0.25) is 4.90 Å². The molecule has 1 heterocycles. The molecule has 2 aliphatic rings. The molecule has 3 nitrogen and oxygen atoms in total. The van der Waals surface area contributed by atoms with Gasteiger partial charge in [0.15, 0.2) is 0 Å². The van der Waals surface area contributed by atoms with Crippen molar-refractivity contribution < 1.29 is 4.74 Å². The summed E-state index contributed by atoms with van der Waals surface area (Å²) in [6.07, 6.45) is 5.73. The normalized spacial score (nSPS) is 44.8. The standard InChI is InChI=1S/C14H28N2O/c1-11-5-4-6-14(15,7-11)10-16-8-12(2)17-13(3)9-16/h11-13H,4-10,15H2,1-3H3/t11?,12-,13+,14?. The molecular formula is C14H28N2O. The van der Waals surface area contributed by atoms with Crippen molar-refractivity contribution in [3.05, 3.63) is 0 Å². The van der Waals surface area contributed by atoms with Crippen molar-refractivity contribution in [1.29, 1.82) is 0 Å². The van der Waals surface area contributed by atoms with Crippen molar-refractivity contribution in [2.75, 3.05) is 19.6 Å². The van der Waals surface area contributed by atoms with E-state index in [1.54, 1.807) is 0 Å². The second-order valence-corrected chi connectivity index (χ2v) is 6.52. The summed E-state index contributed by atoms with van der Waals surface area (Å²) in [4.78, 5) is 2.51. The summed E-state index contributed by atoms with van der Waals surface area (Å²) in [5.74, 6) is 0.796. The molecule has 0 aromatic carbocycles. The lowest BCUT2D eigenvalue weighted by Crippen LogP contribution is -2.57. The van der Waals surface area contributed by atoms with Crippen LogP contribution in [0.4, 0.5) is 0 Å². The number of rotatable bonds is 2. The molecule has 1 aliphatic carbocycles. The second kappa shape index (κ2) is 5.25. The van der Waals surface area contributed by atoms with E-state index in [-0.39, 0.29) is 5.54 Å². The summed E-state index contributed by atoms with van der Waals surface area (Å²) in [5.41, 5.74) is 6.64. The van der Waals surface area contributed by atoms with Crippen molar-refractivity contribution in [2.24, 2.45) is 11.7 Å². The molecule has 2 N–H and O–H groups in total. The Morgan fingerprint density at radius 3 is 2.47 bits per heavy atom. The van der Waals surface area contributed by atoms with Gasteiger partial charge in [-0.1, -0.05) is 19.8 Å². The predicted molar refractivity (Wildman–Crippen MR) is 71.0 cm³/mol. The lowest BCUT2D eigenvalue weighted by molar-refractivity contribution is -0.0747. The monoisotopic (exact) mass is 240 g/mol. The van der Waals surface area contributed by atoms with E-state index in [0.717, 1.165) is 25.6 Å². The molecule has 3 heteroatoms. The van der Waals surface area contributed by atoms with Gasteiger partial charge in [-0.2, -0.15) is 0 Å². The molecule has 100 valence electrons. The van der Waals surface area contributed by atoms with Crippen LogP contribution in [-0.4, -0.2) is 42.3 Å². The van der Waals surface area contributed by atoms with Crippen LogP contribution in [0.5, 0.6) is 0 Å². The van der Waals surface area contributed by atoms with E-state index in [9.17, 15) is 0 Å². The van der Waals surface area contributed by atoms with Crippen LogP contribution in [0, 0.1) is 5.92 Å². The van der Waals surface area contributed by atoms with Gasteiger partial charge < -0.3 is 10.5 Å². The third-order valence-corrected chi connectivity index (χ3v) is 4.16. The SMILES string of the molecule is CC1CCCC(N)(CN2C[C@@H](C)O[C@@H](C)C2)C1. The summed E-state index contributed by atoms with van der Waals surface area (Å²) >= 11 is 0. The first-order valence-electron chi connectivity index (χ1n) is 7.13. The summed E-state index contributed by atoms with van der Waals surface area (Å²) in [7, 11) is 0. The van der Waals surface area contributed by atoms with Crippen molar-refractivity contribution >= 4 is 0 Å². The van der Waals surface area contributed by atoms with E-state index >= 15 is 0 Å². The highest BCUT2D eigenvalue weighted by molar-refractivity contribution is 4.93. The van der Waals surface area contributed by atoms with Gasteiger partial charge in [-0.05, 0) is 32.6 Å². The van der Waals surface area contributed by atoms with Gasteiger partial charge in [0.2, 0.25) is 0 Å². The topological polar surface area (TPSA) is 38.5 Å². The minimum atomic E-state index is 0.0500. The minimum absolute atomic E-state index is 0.0500. The van der Waals surface area contributed by atoms with Crippen LogP contribution >= 0.6 is 0 Å². The Labute approximate surface area is 106 Å². The largest absolute Gasteiger partial charge is 0.373 e. The maximum atomic E-state index is 6.59. The number of morpholine rings is 1. The number of hydrogen-bond donors (Lipinski definition) is 1. The Morgan fingerprint density at radius 1 is 1.24 bits per heavy atom. The molecule has 1 aliphatic heterocycles. The van der Waals surface area contributed by atoms with Crippen molar-refractivity contribution in [3.63, 3.8) is 0 Å². The van der Waals surface area contributed by atoms with Crippen LogP contribution in [0.1, 0.15) is 46.5 Å². The summed E-state index contributed by atoms with van der Waals surface area (Å²) in [6, 6.07) is 0.